The van der Waals surface area contributed by atoms with Crippen LogP contribution in [-0.2, 0) is 11.2 Å². The highest BCUT2D eigenvalue weighted by atomic mass is 16.2. The molecule has 0 bridgehead atoms. The first-order valence-electron chi connectivity index (χ1n) is 6.03. The van der Waals surface area contributed by atoms with Crippen LogP contribution in [0.25, 0.3) is 0 Å². The van der Waals surface area contributed by atoms with Crippen molar-refractivity contribution in [1.29, 1.82) is 0 Å². The van der Waals surface area contributed by atoms with Gasteiger partial charge in [0, 0.05) is 24.7 Å². The molecule has 1 rings (SSSR count). The Labute approximate surface area is 102 Å². The van der Waals surface area contributed by atoms with Crippen LogP contribution in [-0.4, -0.2) is 34.0 Å². The van der Waals surface area contributed by atoms with Gasteiger partial charge in [-0.2, -0.15) is 0 Å². The summed E-state index contributed by atoms with van der Waals surface area (Å²) >= 11 is 0. The zero-order valence-corrected chi connectivity index (χ0v) is 10.9. The van der Waals surface area contributed by atoms with Gasteiger partial charge in [-0.15, -0.1) is 0 Å². The van der Waals surface area contributed by atoms with Gasteiger partial charge in [0.05, 0.1) is 18.1 Å². The number of H-pyrrole nitrogens is 1. The molecule has 0 aliphatic heterocycles. The molecule has 1 atom stereocenters. The molecule has 1 heterocycles. The van der Waals surface area contributed by atoms with Gasteiger partial charge in [0.15, 0.2) is 0 Å². The zero-order chi connectivity index (χ0) is 12.8. The minimum absolute atomic E-state index is 0.0247. The van der Waals surface area contributed by atoms with E-state index in [1.165, 1.54) is 0 Å². The lowest BCUT2D eigenvalue weighted by molar-refractivity contribution is -0.123. The Morgan fingerprint density at radius 3 is 2.53 bits per heavy atom. The Balaban J connectivity index is 2.63. The molecule has 1 aromatic rings. The summed E-state index contributed by atoms with van der Waals surface area (Å²) in [4.78, 5) is 19.1. The second kappa shape index (κ2) is 6.39. The van der Waals surface area contributed by atoms with Crippen LogP contribution in [0, 0.1) is 0 Å². The lowest BCUT2D eigenvalue weighted by Gasteiger charge is -2.21. The number of carbonyl (C=O) groups excluding carboxylic acids is 1. The Morgan fingerprint density at radius 2 is 2.06 bits per heavy atom. The van der Waals surface area contributed by atoms with Crippen molar-refractivity contribution in [3.8, 4) is 0 Å². The summed E-state index contributed by atoms with van der Waals surface area (Å²) in [5.41, 5.74) is 0.891. The van der Waals surface area contributed by atoms with Crippen molar-refractivity contribution in [3.05, 3.63) is 18.2 Å². The lowest BCUT2D eigenvalue weighted by Crippen LogP contribution is -2.49. The maximum absolute atomic E-state index is 12.0. The summed E-state index contributed by atoms with van der Waals surface area (Å²) in [6.07, 6.45) is 4.04. The second-order valence-electron chi connectivity index (χ2n) is 4.80. The summed E-state index contributed by atoms with van der Waals surface area (Å²) in [5, 5.41) is 6.18. The number of nitrogens with zero attached hydrogens (tertiary/aromatic N) is 1. The fourth-order valence-corrected chi connectivity index (χ4v) is 1.63. The van der Waals surface area contributed by atoms with E-state index in [1.807, 2.05) is 33.9 Å². The van der Waals surface area contributed by atoms with Gasteiger partial charge >= 0.3 is 0 Å². The number of rotatable bonds is 6. The van der Waals surface area contributed by atoms with Crippen LogP contribution in [0.2, 0.25) is 0 Å². The molecular weight excluding hydrogens is 216 g/mol. The van der Waals surface area contributed by atoms with Crippen LogP contribution in [0.15, 0.2) is 12.5 Å². The van der Waals surface area contributed by atoms with Gasteiger partial charge in [-0.3, -0.25) is 4.79 Å². The minimum atomic E-state index is -0.235. The maximum Gasteiger partial charge on any atom is 0.237 e. The van der Waals surface area contributed by atoms with E-state index in [2.05, 4.69) is 20.6 Å². The number of amides is 1. The smallest absolute Gasteiger partial charge is 0.237 e. The van der Waals surface area contributed by atoms with Gasteiger partial charge in [-0.25, -0.2) is 4.98 Å². The third-order valence-electron chi connectivity index (χ3n) is 2.25. The predicted molar refractivity (Wildman–Crippen MR) is 67.6 cm³/mol. The molecule has 1 unspecified atom stereocenters. The molecule has 0 aromatic carbocycles. The van der Waals surface area contributed by atoms with E-state index in [0.717, 1.165) is 5.69 Å². The van der Waals surface area contributed by atoms with Crippen LogP contribution in [0.1, 0.15) is 33.4 Å². The van der Waals surface area contributed by atoms with Gasteiger partial charge in [-0.05, 0) is 13.8 Å². The highest BCUT2D eigenvalue weighted by Gasteiger charge is 2.20. The number of nitrogens with one attached hydrogen (secondary N) is 3. The van der Waals surface area contributed by atoms with E-state index < -0.39 is 0 Å². The Bertz CT molecular complexity index is 332. The van der Waals surface area contributed by atoms with E-state index in [4.69, 9.17) is 0 Å². The molecule has 0 aliphatic carbocycles. The molecule has 5 heteroatoms. The van der Waals surface area contributed by atoms with Crippen molar-refractivity contribution in [1.82, 2.24) is 20.6 Å². The van der Waals surface area contributed by atoms with Crippen molar-refractivity contribution < 1.29 is 4.79 Å². The molecule has 0 aliphatic rings. The molecule has 1 aromatic heterocycles. The number of aromatic amines is 1. The molecule has 0 radical (unpaired) electrons. The molecule has 0 spiro atoms. The number of hydrogen-bond donors (Lipinski definition) is 3. The van der Waals surface area contributed by atoms with E-state index in [0.29, 0.717) is 6.42 Å². The Hall–Kier alpha value is -1.36. The van der Waals surface area contributed by atoms with Gasteiger partial charge in [-0.1, -0.05) is 13.8 Å². The summed E-state index contributed by atoms with van der Waals surface area (Å²) in [7, 11) is 0. The van der Waals surface area contributed by atoms with Crippen molar-refractivity contribution in [3.63, 3.8) is 0 Å². The third-order valence-corrected chi connectivity index (χ3v) is 2.25. The predicted octanol–water partition coefficient (Wildman–Crippen LogP) is 0.843. The Kier molecular flexibility index (Phi) is 5.15. The average Bonchev–Trinajstić information content (AvgIpc) is 2.67. The van der Waals surface area contributed by atoms with E-state index in [1.54, 1.807) is 6.33 Å². The zero-order valence-electron chi connectivity index (χ0n) is 10.9. The molecule has 0 fully saturated rings. The first-order valence-corrected chi connectivity index (χ1v) is 6.03. The van der Waals surface area contributed by atoms with Gasteiger partial charge in [0.25, 0.3) is 0 Å². The van der Waals surface area contributed by atoms with Gasteiger partial charge in [0.1, 0.15) is 0 Å². The molecule has 3 N–H and O–H groups in total. The summed E-state index contributed by atoms with van der Waals surface area (Å²) < 4.78 is 0. The topological polar surface area (TPSA) is 69.8 Å². The highest BCUT2D eigenvalue weighted by molar-refractivity contribution is 5.82. The molecule has 96 valence electrons. The fourth-order valence-electron chi connectivity index (χ4n) is 1.63. The molecule has 17 heavy (non-hydrogen) atoms. The van der Waals surface area contributed by atoms with E-state index >= 15 is 0 Å². The first-order chi connectivity index (χ1) is 7.99. The van der Waals surface area contributed by atoms with E-state index in [-0.39, 0.29) is 24.0 Å². The summed E-state index contributed by atoms with van der Waals surface area (Å²) in [5.74, 6) is 0.0247. The van der Waals surface area contributed by atoms with Gasteiger partial charge in [0.2, 0.25) is 5.91 Å². The number of imidazole rings is 1. The number of aromatic nitrogens is 2. The molecule has 5 nitrogen and oxygen atoms in total. The normalized spacial score (nSPS) is 13.1. The third kappa shape index (κ3) is 4.99. The van der Waals surface area contributed by atoms with Crippen LogP contribution < -0.4 is 10.6 Å². The molecule has 0 saturated carbocycles. The first kappa shape index (κ1) is 13.7. The number of carbonyl (C=O) groups is 1. The standard InChI is InChI=1S/C12H22N4O/c1-8(2)15-11(12(17)16-9(3)4)5-10-6-13-7-14-10/h6-9,11,15H,5H2,1-4H3,(H,13,14)(H,16,17). The SMILES string of the molecule is CC(C)NC(=O)C(Cc1c[nH]cn1)NC(C)C. The van der Waals surface area contributed by atoms with Crippen LogP contribution in [0.5, 0.6) is 0 Å². The number of hydrogen-bond acceptors (Lipinski definition) is 3. The lowest BCUT2D eigenvalue weighted by atomic mass is 10.1. The van der Waals surface area contributed by atoms with Crippen LogP contribution in [0.3, 0.4) is 0 Å². The van der Waals surface area contributed by atoms with Crippen LogP contribution >= 0.6 is 0 Å². The maximum atomic E-state index is 12.0. The molecular formula is C12H22N4O. The summed E-state index contributed by atoms with van der Waals surface area (Å²) in [6.45, 7) is 7.97. The minimum Gasteiger partial charge on any atom is -0.353 e. The van der Waals surface area contributed by atoms with Gasteiger partial charge < -0.3 is 15.6 Å². The summed E-state index contributed by atoms with van der Waals surface area (Å²) in [6, 6.07) is 0.177. The fraction of sp³-hybridized carbons (Fsp3) is 0.667. The monoisotopic (exact) mass is 238 g/mol. The molecule has 0 saturated heterocycles. The van der Waals surface area contributed by atoms with Crippen LogP contribution in [0.4, 0.5) is 0 Å². The Morgan fingerprint density at radius 1 is 1.35 bits per heavy atom. The average molecular weight is 238 g/mol. The van der Waals surface area contributed by atoms with Crippen molar-refractivity contribution in [2.75, 3.05) is 0 Å². The molecule has 1 amide bonds. The van der Waals surface area contributed by atoms with Crippen molar-refractivity contribution in [2.24, 2.45) is 0 Å². The quantitative estimate of drug-likeness (QED) is 0.688. The van der Waals surface area contributed by atoms with E-state index in [9.17, 15) is 4.79 Å². The second-order valence-corrected chi connectivity index (χ2v) is 4.80. The largest absolute Gasteiger partial charge is 0.353 e. The highest BCUT2D eigenvalue weighted by Crippen LogP contribution is 2.00. The van der Waals surface area contributed by atoms with Crippen molar-refractivity contribution >= 4 is 5.91 Å². The van der Waals surface area contributed by atoms with Crippen molar-refractivity contribution in [2.45, 2.75) is 52.2 Å².